The summed E-state index contributed by atoms with van der Waals surface area (Å²) in [4.78, 5) is 14.8. The highest BCUT2D eigenvalue weighted by molar-refractivity contribution is 5.44. The first-order valence-electron chi connectivity index (χ1n) is 6.61. The van der Waals surface area contributed by atoms with Crippen LogP contribution in [-0.2, 0) is 4.74 Å². The first-order chi connectivity index (χ1) is 9.83. The van der Waals surface area contributed by atoms with E-state index in [-0.39, 0.29) is 13.2 Å². The molecule has 2 heterocycles. The van der Waals surface area contributed by atoms with E-state index in [1.807, 2.05) is 4.90 Å². The second-order valence-electron chi connectivity index (χ2n) is 4.18. The second kappa shape index (κ2) is 7.78. The normalized spacial score (nSPS) is 15.2. The molecule has 0 saturated carbocycles. The molecule has 1 aromatic heterocycles. The number of anilines is 3. The molecule has 0 spiro atoms. The molecular weight excluding hydrogens is 264 g/mol. The molecular formula is C11H20N6O3. The van der Waals surface area contributed by atoms with Gasteiger partial charge >= 0.3 is 0 Å². The number of nitrogens with zero attached hydrogens (tertiary/aromatic N) is 4. The molecule has 20 heavy (non-hydrogen) atoms. The number of hydrogen-bond donors (Lipinski definition) is 4. The summed E-state index contributed by atoms with van der Waals surface area (Å²) in [5.74, 6) is 1.36. The van der Waals surface area contributed by atoms with Gasteiger partial charge in [0, 0.05) is 26.2 Å². The van der Waals surface area contributed by atoms with Crippen LogP contribution in [0.3, 0.4) is 0 Å². The maximum atomic E-state index is 8.85. The van der Waals surface area contributed by atoms with Crippen LogP contribution >= 0.6 is 0 Å². The highest BCUT2D eigenvalue weighted by Crippen LogP contribution is 2.14. The van der Waals surface area contributed by atoms with Crippen LogP contribution in [0, 0.1) is 0 Å². The Balaban J connectivity index is 2.14. The van der Waals surface area contributed by atoms with E-state index in [1.54, 1.807) is 0 Å². The molecule has 0 radical (unpaired) electrons. The third-order valence-electron chi connectivity index (χ3n) is 2.71. The first-order valence-corrected chi connectivity index (χ1v) is 6.61. The second-order valence-corrected chi connectivity index (χ2v) is 4.18. The van der Waals surface area contributed by atoms with Gasteiger partial charge in [0.25, 0.3) is 0 Å². The summed E-state index contributed by atoms with van der Waals surface area (Å²) >= 11 is 0. The summed E-state index contributed by atoms with van der Waals surface area (Å²) in [5.41, 5.74) is 0. The van der Waals surface area contributed by atoms with Crippen LogP contribution in [0.4, 0.5) is 17.8 Å². The van der Waals surface area contributed by atoms with Crippen molar-refractivity contribution < 1.29 is 14.9 Å². The maximum absolute atomic E-state index is 8.85. The lowest BCUT2D eigenvalue weighted by Crippen LogP contribution is -2.37. The van der Waals surface area contributed by atoms with E-state index < -0.39 is 0 Å². The van der Waals surface area contributed by atoms with Gasteiger partial charge in [-0.15, -0.1) is 0 Å². The molecule has 0 atom stereocenters. The molecule has 2 rings (SSSR count). The lowest BCUT2D eigenvalue weighted by molar-refractivity contribution is 0.122. The number of ether oxygens (including phenoxy) is 1. The van der Waals surface area contributed by atoms with Gasteiger partial charge in [0.05, 0.1) is 26.4 Å². The predicted octanol–water partition coefficient (Wildman–Crippen LogP) is -1.48. The molecule has 1 fully saturated rings. The van der Waals surface area contributed by atoms with Crippen LogP contribution < -0.4 is 15.5 Å². The summed E-state index contributed by atoms with van der Waals surface area (Å²) in [6, 6.07) is 0. The van der Waals surface area contributed by atoms with Crippen LogP contribution in [0.5, 0.6) is 0 Å². The molecule has 112 valence electrons. The van der Waals surface area contributed by atoms with Crippen LogP contribution in [-0.4, -0.2) is 77.8 Å². The van der Waals surface area contributed by atoms with Crippen LogP contribution in [0.2, 0.25) is 0 Å². The van der Waals surface area contributed by atoms with Crippen molar-refractivity contribution in [2.24, 2.45) is 0 Å². The van der Waals surface area contributed by atoms with Crippen molar-refractivity contribution in [1.82, 2.24) is 15.0 Å². The van der Waals surface area contributed by atoms with E-state index in [4.69, 9.17) is 14.9 Å². The van der Waals surface area contributed by atoms with Crippen molar-refractivity contribution in [3.05, 3.63) is 0 Å². The van der Waals surface area contributed by atoms with Crippen molar-refractivity contribution in [3.63, 3.8) is 0 Å². The number of aliphatic hydroxyl groups excluding tert-OH is 2. The van der Waals surface area contributed by atoms with Gasteiger partial charge in [-0.1, -0.05) is 0 Å². The quantitative estimate of drug-likeness (QED) is 0.475. The fourth-order valence-electron chi connectivity index (χ4n) is 1.76. The molecule has 0 amide bonds. The Labute approximate surface area is 117 Å². The minimum atomic E-state index is -0.00201. The van der Waals surface area contributed by atoms with Gasteiger partial charge < -0.3 is 30.5 Å². The summed E-state index contributed by atoms with van der Waals surface area (Å²) < 4.78 is 5.30. The first kappa shape index (κ1) is 14.7. The number of nitrogens with one attached hydrogen (secondary N) is 2. The molecule has 1 aromatic rings. The van der Waals surface area contributed by atoms with Crippen molar-refractivity contribution in [3.8, 4) is 0 Å². The molecule has 0 bridgehead atoms. The number of aliphatic hydroxyl groups is 2. The number of hydrogen-bond acceptors (Lipinski definition) is 9. The lowest BCUT2D eigenvalue weighted by atomic mass is 10.4. The van der Waals surface area contributed by atoms with E-state index in [1.165, 1.54) is 0 Å². The van der Waals surface area contributed by atoms with Gasteiger partial charge in [-0.2, -0.15) is 15.0 Å². The average Bonchev–Trinajstić information content (AvgIpc) is 2.51. The number of rotatable bonds is 7. The molecule has 1 aliphatic heterocycles. The smallest absolute Gasteiger partial charge is 0.232 e. The van der Waals surface area contributed by atoms with E-state index in [0.717, 1.165) is 13.1 Å². The number of aromatic nitrogens is 3. The summed E-state index contributed by atoms with van der Waals surface area (Å²) in [6.07, 6.45) is 0. The summed E-state index contributed by atoms with van der Waals surface area (Å²) in [6.45, 7) is 3.47. The molecule has 0 aromatic carbocycles. The summed E-state index contributed by atoms with van der Waals surface area (Å²) in [7, 11) is 0. The highest BCUT2D eigenvalue weighted by Gasteiger charge is 2.16. The van der Waals surface area contributed by atoms with E-state index >= 15 is 0 Å². The third kappa shape index (κ3) is 4.15. The lowest BCUT2D eigenvalue weighted by Gasteiger charge is -2.27. The third-order valence-corrected chi connectivity index (χ3v) is 2.71. The van der Waals surface area contributed by atoms with Gasteiger partial charge in [0.15, 0.2) is 0 Å². The molecule has 0 unspecified atom stereocenters. The van der Waals surface area contributed by atoms with Gasteiger partial charge in [-0.05, 0) is 0 Å². The minimum absolute atomic E-state index is 0.00201. The van der Waals surface area contributed by atoms with Gasteiger partial charge in [-0.25, -0.2) is 0 Å². The Morgan fingerprint density at radius 3 is 2.00 bits per heavy atom. The fourth-order valence-corrected chi connectivity index (χ4v) is 1.76. The Bertz CT molecular complexity index is 387. The molecule has 1 aliphatic rings. The SMILES string of the molecule is OCCNc1nc(NCCO)nc(N2CCOCC2)n1. The zero-order chi connectivity index (χ0) is 14.2. The molecule has 4 N–H and O–H groups in total. The Morgan fingerprint density at radius 1 is 0.950 bits per heavy atom. The van der Waals surface area contributed by atoms with Gasteiger partial charge in [-0.3, -0.25) is 0 Å². The highest BCUT2D eigenvalue weighted by atomic mass is 16.5. The van der Waals surface area contributed by atoms with E-state index in [2.05, 4.69) is 25.6 Å². The van der Waals surface area contributed by atoms with Crippen molar-refractivity contribution in [1.29, 1.82) is 0 Å². The molecule has 9 heteroatoms. The minimum Gasteiger partial charge on any atom is -0.395 e. The summed E-state index contributed by atoms with van der Waals surface area (Å²) in [5, 5.41) is 23.5. The Kier molecular flexibility index (Phi) is 5.71. The maximum Gasteiger partial charge on any atom is 0.232 e. The largest absolute Gasteiger partial charge is 0.395 e. The van der Waals surface area contributed by atoms with Crippen LogP contribution in [0.15, 0.2) is 0 Å². The fraction of sp³-hybridized carbons (Fsp3) is 0.727. The number of morpholine rings is 1. The van der Waals surface area contributed by atoms with Gasteiger partial charge in [0.2, 0.25) is 17.8 Å². The Morgan fingerprint density at radius 2 is 1.50 bits per heavy atom. The molecule has 0 aliphatic carbocycles. The zero-order valence-electron chi connectivity index (χ0n) is 11.2. The monoisotopic (exact) mass is 284 g/mol. The van der Waals surface area contributed by atoms with Crippen LogP contribution in [0.1, 0.15) is 0 Å². The Hall–Kier alpha value is -1.71. The van der Waals surface area contributed by atoms with Crippen molar-refractivity contribution in [2.45, 2.75) is 0 Å². The van der Waals surface area contributed by atoms with Crippen molar-refractivity contribution in [2.75, 3.05) is 68.1 Å². The predicted molar refractivity (Wildman–Crippen MR) is 74.0 cm³/mol. The van der Waals surface area contributed by atoms with E-state index in [9.17, 15) is 0 Å². The average molecular weight is 284 g/mol. The topological polar surface area (TPSA) is 116 Å². The molecule has 1 saturated heterocycles. The van der Waals surface area contributed by atoms with Crippen LogP contribution in [0.25, 0.3) is 0 Å². The molecule has 9 nitrogen and oxygen atoms in total. The standard InChI is InChI=1S/C11H20N6O3/c18-5-1-12-9-14-10(13-2-6-19)16-11(15-9)17-3-7-20-8-4-17/h18-19H,1-8H2,(H2,12,13,14,15,16). The van der Waals surface area contributed by atoms with Crippen molar-refractivity contribution >= 4 is 17.8 Å². The zero-order valence-corrected chi connectivity index (χ0v) is 11.2. The van der Waals surface area contributed by atoms with E-state index in [0.29, 0.717) is 44.1 Å². The van der Waals surface area contributed by atoms with Gasteiger partial charge in [0.1, 0.15) is 0 Å².